The summed E-state index contributed by atoms with van der Waals surface area (Å²) in [6.45, 7) is 2.04. The van der Waals surface area contributed by atoms with Gasteiger partial charge in [0.15, 0.2) is 0 Å². The number of hydrogen-bond acceptors (Lipinski definition) is 8. The van der Waals surface area contributed by atoms with Gasteiger partial charge >= 0.3 is 36.9 Å². The Hall–Kier alpha value is -4.14. The molecule has 2 aliphatic heterocycles. The summed E-state index contributed by atoms with van der Waals surface area (Å²) in [6.07, 6.45) is -0.360. The molecule has 1 aromatic rings. The van der Waals surface area contributed by atoms with Crippen molar-refractivity contribution in [2.24, 2.45) is 0 Å². The number of rotatable bonds is 9. The molecule has 0 aromatic heterocycles. The van der Waals surface area contributed by atoms with E-state index in [9.17, 15) is 38.9 Å². The minimum absolute atomic E-state index is 0.0126. The Morgan fingerprint density at radius 2 is 1.89 bits per heavy atom. The summed E-state index contributed by atoms with van der Waals surface area (Å²) < 4.78 is 5.35. The summed E-state index contributed by atoms with van der Waals surface area (Å²) in [5.41, 5.74) is 0.280. The molecule has 2 atom stereocenters. The van der Waals surface area contributed by atoms with Crippen molar-refractivity contribution in [3.8, 4) is 5.75 Å². The van der Waals surface area contributed by atoms with Gasteiger partial charge in [0.1, 0.15) is 11.8 Å². The van der Waals surface area contributed by atoms with Gasteiger partial charge in [0.25, 0.3) is 0 Å². The fourth-order valence-corrected chi connectivity index (χ4v) is 4.12. The third-order valence-corrected chi connectivity index (χ3v) is 6.11. The van der Waals surface area contributed by atoms with Crippen LogP contribution in [0.1, 0.15) is 42.1 Å². The highest BCUT2D eigenvalue weighted by Gasteiger charge is 2.40. The highest BCUT2D eigenvalue weighted by molar-refractivity contribution is 6.47. The van der Waals surface area contributed by atoms with Gasteiger partial charge < -0.3 is 35.4 Å². The van der Waals surface area contributed by atoms with E-state index in [0.29, 0.717) is 17.0 Å². The lowest BCUT2D eigenvalue weighted by Crippen LogP contribution is -2.61. The summed E-state index contributed by atoms with van der Waals surface area (Å²) in [7, 11) is -1.60. The first-order valence-electron chi connectivity index (χ1n) is 11.7. The Morgan fingerprint density at radius 1 is 1.16 bits per heavy atom. The van der Waals surface area contributed by atoms with Crippen LogP contribution < -0.4 is 15.3 Å². The Labute approximate surface area is 211 Å². The van der Waals surface area contributed by atoms with E-state index in [1.54, 1.807) is 13.0 Å². The van der Waals surface area contributed by atoms with Crippen LogP contribution in [0.25, 0.3) is 0 Å². The molecule has 0 spiro atoms. The molecule has 2 aliphatic rings. The van der Waals surface area contributed by atoms with Gasteiger partial charge in [-0.05, 0) is 37.8 Å². The molecule has 0 aliphatic carbocycles. The van der Waals surface area contributed by atoms with Crippen molar-refractivity contribution < 1.29 is 48.7 Å². The van der Waals surface area contributed by atoms with Crippen molar-refractivity contribution in [3.63, 3.8) is 0 Å². The van der Waals surface area contributed by atoms with Crippen LogP contribution in [0.4, 0.5) is 4.79 Å². The lowest BCUT2D eigenvalue weighted by Gasteiger charge is -2.33. The third-order valence-electron chi connectivity index (χ3n) is 6.11. The number of carboxylic acids is 2. The zero-order valence-electron chi connectivity index (χ0n) is 20.0. The molecule has 1 aromatic carbocycles. The topological polar surface area (TPSA) is 203 Å². The summed E-state index contributed by atoms with van der Waals surface area (Å²) in [5, 5.41) is 33.6. The molecule has 2 heterocycles. The average molecular weight is 518 g/mol. The molecule has 5 amide bonds. The molecule has 5 N–H and O–H groups in total. The first-order chi connectivity index (χ1) is 17.5. The van der Waals surface area contributed by atoms with Crippen LogP contribution in [-0.4, -0.2) is 99.5 Å². The Morgan fingerprint density at radius 3 is 2.54 bits per heavy atom. The van der Waals surface area contributed by atoms with Crippen LogP contribution in [0.15, 0.2) is 18.2 Å². The van der Waals surface area contributed by atoms with Gasteiger partial charge in [-0.25, -0.2) is 9.59 Å². The molecular formula is C22H27BN4O10. The molecule has 37 heavy (non-hydrogen) atoms. The van der Waals surface area contributed by atoms with Crippen molar-refractivity contribution in [2.45, 2.75) is 44.6 Å². The second-order valence-corrected chi connectivity index (χ2v) is 8.56. The third kappa shape index (κ3) is 6.36. The summed E-state index contributed by atoms with van der Waals surface area (Å²) >= 11 is 0. The van der Waals surface area contributed by atoms with E-state index in [-0.39, 0.29) is 50.1 Å². The van der Waals surface area contributed by atoms with Crippen molar-refractivity contribution in [1.29, 1.82) is 0 Å². The van der Waals surface area contributed by atoms with Crippen LogP contribution in [0.2, 0.25) is 0 Å². The molecule has 1 saturated heterocycles. The van der Waals surface area contributed by atoms with Gasteiger partial charge in [-0.1, -0.05) is 12.1 Å². The number of nitrogens with one attached hydrogen (secondary N) is 2. The SMILES string of the molecule is CCN1CCN(C(=O)N[C@H](CCCC(=O)O)C(=O)N[C@H]2Cc3cccc(C(=O)O)c3OB2O)C(=O)C1=O. The predicted octanol–water partition coefficient (Wildman–Crippen LogP) is -1.15. The van der Waals surface area contributed by atoms with Gasteiger partial charge in [0.05, 0.1) is 11.5 Å². The summed E-state index contributed by atoms with van der Waals surface area (Å²) in [6, 6.07) is 2.11. The van der Waals surface area contributed by atoms with E-state index in [4.69, 9.17) is 9.76 Å². The Bertz CT molecular complexity index is 1110. The molecular weight excluding hydrogens is 491 g/mol. The minimum Gasteiger partial charge on any atom is -0.534 e. The molecule has 15 heteroatoms. The molecule has 14 nitrogen and oxygen atoms in total. The quantitative estimate of drug-likeness (QED) is 0.196. The number of carbonyl (C=O) groups excluding carboxylic acids is 4. The number of piperazine rings is 1. The van der Waals surface area contributed by atoms with E-state index < -0.39 is 54.8 Å². The number of carboxylic acid groups (broad SMARTS) is 2. The van der Waals surface area contributed by atoms with Crippen molar-refractivity contribution >= 4 is 42.8 Å². The van der Waals surface area contributed by atoms with Crippen molar-refractivity contribution in [1.82, 2.24) is 20.4 Å². The van der Waals surface area contributed by atoms with E-state index >= 15 is 0 Å². The van der Waals surface area contributed by atoms with Crippen LogP contribution >= 0.6 is 0 Å². The Kier molecular flexibility index (Phi) is 8.71. The number of imide groups is 1. The van der Waals surface area contributed by atoms with Crippen LogP contribution in [-0.2, 0) is 25.6 Å². The Balaban J connectivity index is 1.72. The number of amides is 5. The molecule has 0 radical (unpaired) electrons. The maximum absolute atomic E-state index is 13.1. The van der Waals surface area contributed by atoms with E-state index in [2.05, 4.69) is 10.6 Å². The van der Waals surface area contributed by atoms with E-state index in [1.165, 1.54) is 17.0 Å². The number of urea groups is 1. The zero-order chi connectivity index (χ0) is 27.3. The van der Waals surface area contributed by atoms with E-state index in [0.717, 1.165) is 0 Å². The first-order valence-corrected chi connectivity index (χ1v) is 11.7. The standard InChI is InChI=1S/C22H27BN4O10/c1-2-26-9-10-27(20(32)19(26)31)22(35)24-14(7-4-8-16(28)29)18(30)25-15-11-12-5-3-6-13(21(33)34)17(12)37-23(15)36/h3,5-6,14-15,36H,2,4,7-11H2,1H3,(H,24,35)(H,25,30)(H,28,29)(H,33,34)/t14-,15+/m1/s1. The maximum atomic E-state index is 13.1. The number of hydrogen-bond donors (Lipinski definition) is 5. The molecule has 3 rings (SSSR count). The lowest BCUT2D eigenvalue weighted by molar-refractivity contribution is -0.153. The number of fused-ring (bicyclic) bond motifs is 1. The number of benzene rings is 1. The number of carbonyl (C=O) groups is 6. The van der Waals surface area contributed by atoms with Gasteiger partial charge in [0, 0.05) is 26.1 Å². The second-order valence-electron chi connectivity index (χ2n) is 8.56. The smallest absolute Gasteiger partial charge is 0.534 e. The van der Waals surface area contributed by atoms with Gasteiger partial charge in [-0.15, -0.1) is 0 Å². The molecule has 0 unspecified atom stereocenters. The average Bonchev–Trinajstić information content (AvgIpc) is 2.84. The van der Waals surface area contributed by atoms with Crippen LogP contribution in [0.5, 0.6) is 5.75 Å². The molecule has 198 valence electrons. The monoisotopic (exact) mass is 518 g/mol. The van der Waals surface area contributed by atoms with Gasteiger partial charge in [-0.3, -0.25) is 24.1 Å². The molecule has 0 bridgehead atoms. The second kappa shape index (κ2) is 11.7. The summed E-state index contributed by atoms with van der Waals surface area (Å²) in [5.74, 6) is -6.07. The molecule has 1 fully saturated rings. The fourth-order valence-electron chi connectivity index (χ4n) is 4.12. The number of aromatic carboxylic acids is 1. The van der Waals surface area contributed by atoms with Crippen molar-refractivity contribution in [3.05, 3.63) is 29.3 Å². The minimum atomic E-state index is -1.60. The lowest BCUT2D eigenvalue weighted by atomic mass is 9.72. The number of nitrogens with zero attached hydrogens (tertiary/aromatic N) is 2. The number of para-hydroxylation sites is 1. The predicted molar refractivity (Wildman–Crippen MR) is 125 cm³/mol. The normalized spacial score (nSPS) is 18.0. The number of aliphatic carboxylic acids is 1. The van der Waals surface area contributed by atoms with Crippen LogP contribution in [0.3, 0.4) is 0 Å². The maximum Gasteiger partial charge on any atom is 0.547 e. The fraction of sp³-hybridized carbons (Fsp3) is 0.455. The highest BCUT2D eigenvalue weighted by Crippen LogP contribution is 2.30. The van der Waals surface area contributed by atoms with Gasteiger partial charge in [0.2, 0.25) is 5.91 Å². The molecule has 0 saturated carbocycles. The van der Waals surface area contributed by atoms with E-state index in [1.807, 2.05) is 0 Å². The highest BCUT2D eigenvalue weighted by atomic mass is 16.5. The summed E-state index contributed by atoms with van der Waals surface area (Å²) in [4.78, 5) is 74.7. The van der Waals surface area contributed by atoms with Gasteiger partial charge in [-0.2, -0.15) is 0 Å². The number of likely N-dealkylation sites (N-methyl/N-ethyl adjacent to an activating group) is 1. The van der Waals surface area contributed by atoms with Crippen molar-refractivity contribution in [2.75, 3.05) is 19.6 Å². The van der Waals surface area contributed by atoms with Crippen LogP contribution in [0, 0.1) is 0 Å². The zero-order valence-corrected chi connectivity index (χ0v) is 20.0. The first kappa shape index (κ1) is 27.5. The largest absolute Gasteiger partial charge is 0.547 e.